The number of fused-ring (bicyclic) bond motifs is 1. The minimum Gasteiger partial charge on any atom is -0.255 e. The molecular weight excluding hydrogens is 288 g/mol. The minimum atomic E-state index is 0.809. The average molecular weight is 299 g/mol. The van der Waals surface area contributed by atoms with Crippen LogP contribution in [0.4, 0.5) is 0 Å². The van der Waals surface area contributed by atoms with Crippen LogP contribution >= 0.6 is 15.9 Å². The Morgan fingerprint density at radius 2 is 1.83 bits per heavy atom. The number of para-hydroxylation sites is 1. The average Bonchev–Trinajstić information content (AvgIpc) is 2.47. The van der Waals surface area contributed by atoms with Gasteiger partial charge < -0.3 is 0 Å². The lowest BCUT2D eigenvalue weighted by molar-refractivity contribution is 1.27. The fourth-order valence-corrected chi connectivity index (χ4v) is 2.43. The first-order valence-corrected chi connectivity index (χ1v) is 6.86. The Morgan fingerprint density at radius 1 is 0.889 bits per heavy atom. The Labute approximate surface area is 114 Å². The van der Waals surface area contributed by atoms with Crippen molar-refractivity contribution in [2.45, 2.75) is 5.33 Å². The maximum Gasteiger partial charge on any atom is 0.0894 e. The van der Waals surface area contributed by atoms with Crippen LogP contribution in [0.1, 0.15) is 5.56 Å². The third-order valence-electron chi connectivity index (χ3n) is 2.88. The highest BCUT2D eigenvalue weighted by Gasteiger charge is 2.05. The number of benzene rings is 1. The maximum atomic E-state index is 4.72. The molecule has 0 radical (unpaired) electrons. The van der Waals surface area contributed by atoms with Crippen molar-refractivity contribution in [3.63, 3.8) is 0 Å². The van der Waals surface area contributed by atoms with E-state index >= 15 is 0 Å². The third kappa shape index (κ3) is 2.02. The Hall–Kier alpha value is -1.74. The van der Waals surface area contributed by atoms with Crippen LogP contribution < -0.4 is 0 Å². The number of hydrogen-bond acceptors (Lipinski definition) is 2. The summed E-state index contributed by atoms with van der Waals surface area (Å²) in [4.78, 5) is 9.06. The van der Waals surface area contributed by atoms with E-state index in [1.807, 2.05) is 24.3 Å². The maximum absolute atomic E-state index is 4.72. The van der Waals surface area contributed by atoms with Gasteiger partial charge in [-0.05, 0) is 23.8 Å². The minimum absolute atomic E-state index is 0.809. The lowest BCUT2D eigenvalue weighted by Gasteiger charge is -2.05. The van der Waals surface area contributed by atoms with Crippen LogP contribution in [0, 0.1) is 0 Å². The van der Waals surface area contributed by atoms with Crippen LogP contribution in [0.15, 0.2) is 54.7 Å². The van der Waals surface area contributed by atoms with Gasteiger partial charge in [-0.3, -0.25) is 4.98 Å². The number of halogens is 1. The number of nitrogens with zero attached hydrogens (tertiary/aromatic N) is 2. The normalized spacial score (nSPS) is 10.7. The summed E-state index contributed by atoms with van der Waals surface area (Å²) in [6, 6.07) is 16.2. The predicted molar refractivity (Wildman–Crippen MR) is 77.6 cm³/mol. The Balaban J connectivity index is 2.22. The molecule has 0 aliphatic heterocycles. The largest absolute Gasteiger partial charge is 0.255 e. The molecule has 0 aliphatic carbocycles. The second kappa shape index (κ2) is 4.86. The summed E-state index contributed by atoms with van der Waals surface area (Å²) < 4.78 is 0. The summed E-state index contributed by atoms with van der Waals surface area (Å²) in [5.41, 5.74) is 4.06. The van der Waals surface area contributed by atoms with Crippen LogP contribution in [0.3, 0.4) is 0 Å². The van der Waals surface area contributed by atoms with E-state index in [2.05, 4.69) is 45.2 Å². The monoisotopic (exact) mass is 298 g/mol. The Kier molecular flexibility index (Phi) is 3.07. The van der Waals surface area contributed by atoms with Crippen LogP contribution in [-0.2, 0) is 5.33 Å². The molecule has 88 valence electrons. The molecule has 0 spiro atoms. The van der Waals surface area contributed by atoms with Crippen LogP contribution in [0.5, 0.6) is 0 Å². The lowest BCUT2D eigenvalue weighted by atomic mass is 10.1. The van der Waals surface area contributed by atoms with Crippen molar-refractivity contribution in [3.8, 4) is 11.4 Å². The molecule has 0 aliphatic rings. The number of aromatic nitrogens is 2. The van der Waals surface area contributed by atoms with Gasteiger partial charge in [-0.1, -0.05) is 46.3 Å². The molecule has 1 aromatic carbocycles. The number of rotatable bonds is 2. The first-order chi connectivity index (χ1) is 8.88. The van der Waals surface area contributed by atoms with Gasteiger partial charge in [0.25, 0.3) is 0 Å². The molecule has 0 amide bonds. The van der Waals surface area contributed by atoms with Gasteiger partial charge in [0.05, 0.1) is 16.9 Å². The van der Waals surface area contributed by atoms with E-state index in [-0.39, 0.29) is 0 Å². The molecule has 3 rings (SSSR count). The molecule has 0 fully saturated rings. The second-order valence-electron chi connectivity index (χ2n) is 4.03. The summed E-state index contributed by atoms with van der Waals surface area (Å²) in [6.07, 6.45) is 1.79. The van der Waals surface area contributed by atoms with E-state index in [1.54, 1.807) is 6.20 Å². The molecule has 0 saturated heterocycles. The first-order valence-electron chi connectivity index (χ1n) is 5.74. The molecule has 3 aromatic rings. The molecule has 2 heterocycles. The summed E-state index contributed by atoms with van der Waals surface area (Å²) in [5.74, 6) is 0. The molecule has 2 nitrogen and oxygen atoms in total. The fourth-order valence-electron chi connectivity index (χ4n) is 1.97. The van der Waals surface area contributed by atoms with Gasteiger partial charge in [-0.15, -0.1) is 0 Å². The van der Waals surface area contributed by atoms with E-state index in [1.165, 1.54) is 5.56 Å². The van der Waals surface area contributed by atoms with Crippen molar-refractivity contribution in [2.75, 3.05) is 0 Å². The van der Waals surface area contributed by atoms with E-state index in [0.717, 1.165) is 27.6 Å². The van der Waals surface area contributed by atoms with Gasteiger partial charge in [-0.25, -0.2) is 4.98 Å². The molecule has 0 atom stereocenters. The van der Waals surface area contributed by atoms with Gasteiger partial charge >= 0.3 is 0 Å². The second-order valence-corrected chi connectivity index (χ2v) is 4.59. The molecule has 3 heteroatoms. The molecule has 0 bridgehead atoms. The lowest BCUT2D eigenvalue weighted by Crippen LogP contribution is -1.90. The number of pyridine rings is 2. The van der Waals surface area contributed by atoms with Crippen molar-refractivity contribution in [1.29, 1.82) is 0 Å². The number of alkyl halides is 1. The van der Waals surface area contributed by atoms with Gasteiger partial charge in [0, 0.05) is 16.9 Å². The summed E-state index contributed by atoms with van der Waals surface area (Å²) in [5, 5.41) is 1.97. The molecule has 0 saturated carbocycles. The highest BCUT2D eigenvalue weighted by atomic mass is 79.9. The van der Waals surface area contributed by atoms with Crippen molar-refractivity contribution < 1.29 is 0 Å². The van der Waals surface area contributed by atoms with Gasteiger partial charge in [-0.2, -0.15) is 0 Å². The third-order valence-corrected chi connectivity index (χ3v) is 3.48. The highest BCUT2D eigenvalue weighted by Crippen LogP contribution is 2.23. The van der Waals surface area contributed by atoms with E-state index < -0.39 is 0 Å². The molecule has 0 unspecified atom stereocenters. The van der Waals surface area contributed by atoms with Crippen LogP contribution in [0.2, 0.25) is 0 Å². The number of hydrogen-bond donors (Lipinski definition) is 0. The van der Waals surface area contributed by atoms with Crippen LogP contribution in [-0.4, -0.2) is 9.97 Å². The van der Waals surface area contributed by atoms with Gasteiger partial charge in [0.1, 0.15) is 0 Å². The van der Waals surface area contributed by atoms with Crippen LogP contribution in [0.25, 0.3) is 22.3 Å². The van der Waals surface area contributed by atoms with Crippen molar-refractivity contribution >= 4 is 26.8 Å². The van der Waals surface area contributed by atoms with E-state index in [0.29, 0.717) is 0 Å². The standard InChI is InChI=1S/C15H11BrN2/c16-10-12-5-3-4-11-7-8-14(18-15(11)12)13-6-1-2-9-17-13/h1-9H,10H2. The fraction of sp³-hybridized carbons (Fsp3) is 0.0667. The quantitative estimate of drug-likeness (QED) is 0.663. The van der Waals surface area contributed by atoms with Gasteiger partial charge in [0.15, 0.2) is 0 Å². The smallest absolute Gasteiger partial charge is 0.0894 e. The van der Waals surface area contributed by atoms with Crippen molar-refractivity contribution in [2.24, 2.45) is 0 Å². The molecular formula is C15H11BrN2. The topological polar surface area (TPSA) is 25.8 Å². The van der Waals surface area contributed by atoms with Crippen molar-refractivity contribution in [1.82, 2.24) is 9.97 Å². The first kappa shape index (κ1) is 11.4. The van der Waals surface area contributed by atoms with E-state index in [4.69, 9.17) is 4.98 Å². The zero-order valence-electron chi connectivity index (χ0n) is 9.68. The Bertz CT molecular complexity index is 680. The Morgan fingerprint density at radius 3 is 2.61 bits per heavy atom. The SMILES string of the molecule is BrCc1cccc2ccc(-c3ccccn3)nc12. The molecule has 2 aromatic heterocycles. The zero-order valence-corrected chi connectivity index (χ0v) is 11.3. The molecule has 0 N–H and O–H groups in total. The predicted octanol–water partition coefficient (Wildman–Crippen LogP) is 4.19. The van der Waals surface area contributed by atoms with E-state index in [9.17, 15) is 0 Å². The highest BCUT2D eigenvalue weighted by molar-refractivity contribution is 9.08. The summed E-state index contributed by atoms with van der Waals surface area (Å²) in [7, 11) is 0. The zero-order chi connectivity index (χ0) is 12.4. The summed E-state index contributed by atoms with van der Waals surface area (Å²) in [6.45, 7) is 0. The summed E-state index contributed by atoms with van der Waals surface area (Å²) >= 11 is 3.50. The molecule has 18 heavy (non-hydrogen) atoms. The van der Waals surface area contributed by atoms with Crippen molar-refractivity contribution in [3.05, 3.63) is 60.3 Å². The van der Waals surface area contributed by atoms with Gasteiger partial charge in [0.2, 0.25) is 0 Å².